The zero-order valence-corrected chi connectivity index (χ0v) is 19.1. The maximum absolute atomic E-state index is 12.7. The van der Waals surface area contributed by atoms with Gasteiger partial charge in [0.1, 0.15) is 0 Å². The molecule has 0 radical (unpaired) electrons. The van der Waals surface area contributed by atoms with Gasteiger partial charge in [0.25, 0.3) is 5.91 Å². The Hall–Kier alpha value is -3.34. The number of carbonyl (C=O) groups is 1. The predicted octanol–water partition coefficient (Wildman–Crippen LogP) is 6.07. The van der Waals surface area contributed by atoms with E-state index in [2.05, 4.69) is 33.3 Å². The van der Waals surface area contributed by atoms with E-state index in [1.807, 2.05) is 72.8 Å². The molecule has 1 saturated heterocycles. The Labute approximate surface area is 199 Å². The lowest BCUT2D eigenvalue weighted by Gasteiger charge is -2.36. The number of nitrogens with zero attached hydrogens (tertiary/aromatic N) is 2. The summed E-state index contributed by atoms with van der Waals surface area (Å²) < 4.78 is 0. The number of nitrogens with one attached hydrogen (secondary N) is 1. The van der Waals surface area contributed by atoms with Crippen LogP contribution in [0.25, 0.3) is 10.8 Å². The minimum absolute atomic E-state index is 0.0957. The zero-order chi connectivity index (χ0) is 22.6. The highest BCUT2D eigenvalue weighted by Gasteiger charge is 2.18. The molecule has 0 aromatic heterocycles. The summed E-state index contributed by atoms with van der Waals surface area (Å²) in [6, 6.07) is 30.0. The standard InChI is InChI=1S/C28H26ClN3O/c29-27-8-4-3-7-24(27)20-31-15-17-32(18-16-31)26-13-11-25(12-14-26)30-28(33)23-10-9-21-5-1-2-6-22(21)19-23/h1-14,19H,15-18,20H2,(H,30,33). The van der Waals surface area contributed by atoms with E-state index in [1.54, 1.807) is 0 Å². The average molecular weight is 456 g/mol. The Kier molecular flexibility index (Phi) is 6.29. The van der Waals surface area contributed by atoms with E-state index in [-0.39, 0.29) is 5.91 Å². The number of benzene rings is 4. The molecule has 1 heterocycles. The van der Waals surface area contributed by atoms with Crippen molar-refractivity contribution in [1.29, 1.82) is 0 Å². The van der Waals surface area contributed by atoms with Crippen molar-refractivity contribution in [2.45, 2.75) is 6.54 Å². The number of piperazine rings is 1. The second kappa shape index (κ2) is 9.65. The van der Waals surface area contributed by atoms with E-state index < -0.39 is 0 Å². The lowest BCUT2D eigenvalue weighted by molar-refractivity contribution is 0.102. The van der Waals surface area contributed by atoms with E-state index in [0.29, 0.717) is 5.56 Å². The van der Waals surface area contributed by atoms with Crippen molar-refractivity contribution in [1.82, 2.24) is 4.90 Å². The summed E-state index contributed by atoms with van der Waals surface area (Å²) in [5, 5.41) is 6.04. The smallest absolute Gasteiger partial charge is 0.255 e. The SMILES string of the molecule is O=C(Nc1ccc(N2CCN(Cc3ccccc3Cl)CC2)cc1)c1ccc2ccccc2c1. The van der Waals surface area contributed by atoms with E-state index in [4.69, 9.17) is 11.6 Å². The monoisotopic (exact) mass is 455 g/mol. The largest absolute Gasteiger partial charge is 0.369 e. The molecule has 1 aliphatic heterocycles. The molecule has 166 valence electrons. The van der Waals surface area contributed by atoms with Crippen molar-refractivity contribution in [2.24, 2.45) is 0 Å². The number of carbonyl (C=O) groups excluding carboxylic acids is 1. The van der Waals surface area contributed by atoms with Gasteiger partial charge in [-0.05, 0) is 58.8 Å². The van der Waals surface area contributed by atoms with E-state index in [9.17, 15) is 4.79 Å². The summed E-state index contributed by atoms with van der Waals surface area (Å²) in [4.78, 5) is 17.5. The molecule has 1 amide bonds. The minimum Gasteiger partial charge on any atom is -0.369 e. The molecule has 1 N–H and O–H groups in total. The maximum atomic E-state index is 12.7. The predicted molar refractivity (Wildman–Crippen MR) is 137 cm³/mol. The first-order chi connectivity index (χ1) is 16.2. The van der Waals surface area contributed by atoms with E-state index in [1.165, 1.54) is 11.3 Å². The molecule has 4 aromatic rings. The van der Waals surface area contributed by atoms with Gasteiger partial charge < -0.3 is 10.2 Å². The van der Waals surface area contributed by atoms with Gasteiger partial charge >= 0.3 is 0 Å². The molecule has 4 nitrogen and oxygen atoms in total. The zero-order valence-electron chi connectivity index (χ0n) is 18.4. The van der Waals surface area contributed by atoms with Crippen LogP contribution in [0.2, 0.25) is 5.02 Å². The van der Waals surface area contributed by atoms with Crippen LogP contribution in [0.3, 0.4) is 0 Å². The van der Waals surface area contributed by atoms with E-state index >= 15 is 0 Å². The third-order valence-corrected chi connectivity index (χ3v) is 6.59. The Morgan fingerprint density at radius 3 is 2.24 bits per heavy atom. The number of amides is 1. The quantitative estimate of drug-likeness (QED) is 0.397. The summed E-state index contributed by atoms with van der Waals surface area (Å²) >= 11 is 6.32. The van der Waals surface area contributed by atoms with Gasteiger partial charge in [0, 0.05) is 54.7 Å². The molecule has 0 bridgehead atoms. The van der Waals surface area contributed by atoms with Crippen LogP contribution in [0, 0.1) is 0 Å². The molecule has 4 aromatic carbocycles. The van der Waals surface area contributed by atoms with Crippen molar-refractivity contribution < 1.29 is 4.79 Å². The summed E-state index contributed by atoms with van der Waals surface area (Å²) in [5.41, 5.74) is 3.82. The lowest BCUT2D eigenvalue weighted by atomic mass is 10.1. The second-order valence-corrected chi connectivity index (χ2v) is 8.82. The number of anilines is 2. The summed E-state index contributed by atoms with van der Waals surface area (Å²) in [6.45, 7) is 4.80. The summed E-state index contributed by atoms with van der Waals surface area (Å²) in [6.07, 6.45) is 0. The third-order valence-electron chi connectivity index (χ3n) is 6.23. The van der Waals surface area contributed by atoms with Crippen LogP contribution >= 0.6 is 11.6 Å². The Balaban J connectivity index is 1.17. The van der Waals surface area contributed by atoms with Crippen LogP contribution in [-0.4, -0.2) is 37.0 Å². The van der Waals surface area contributed by atoms with Gasteiger partial charge in [0.15, 0.2) is 0 Å². The number of rotatable bonds is 5. The van der Waals surface area contributed by atoms with Crippen LogP contribution in [0.15, 0.2) is 91.0 Å². The fourth-order valence-electron chi connectivity index (χ4n) is 4.32. The first-order valence-electron chi connectivity index (χ1n) is 11.3. The highest BCUT2D eigenvalue weighted by Crippen LogP contribution is 2.23. The van der Waals surface area contributed by atoms with Crippen molar-refractivity contribution >= 4 is 39.7 Å². The summed E-state index contributed by atoms with van der Waals surface area (Å²) in [7, 11) is 0. The number of hydrogen-bond donors (Lipinski definition) is 1. The molecule has 33 heavy (non-hydrogen) atoms. The molecule has 1 aliphatic rings. The molecule has 0 spiro atoms. The Morgan fingerprint density at radius 2 is 1.48 bits per heavy atom. The third kappa shape index (κ3) is 5.03. The van der Waals surface area contributed by atoms with Gasteiger partial charge in [-0.1, -0.05) is 60.1 Å². The Morgan fingerprint density at radius 1 is 0.788 bits per heavy atom. The van der Waals surface area contributed by atoms with Crippen LogP contribution in [0.4, 0.5) is 11.4 Å². The normalized spacial score (nSPS) is 14.4. The second-order valence-electron chi connectivity index (χ2n) is 8.42. The first-order valence-corrected chi connectivity index (χ1v) is 11.6. The Bertz CT molecular complexity index is 1260. The average Bonchev–Trinajstić information content (AvgIpc) is 2.86. The molecule has 5 rings (SSSR count). The fraction of sp³-hybridized carbons (Fsp3) is 0.179. The van der Waals surface area contributed by atoms with Gasteiger partial charge in [-0.15, -0.1) is 0 Å². The van der Waals surface area contributed by atoms with Crippen molar-refractivity contribution in [3.8, 4) is 0 Å². The molecule has 5 heteroatoms. The van der Waals surface area contributed by atoms with Crippen LogP contribution < -0.4 is 10.2 Å². The van der Waals surface area contributed by atoms with Crippen LogP contribution in [-0.2, 0) is 6.54 Å². The first kappa shape index (κ1) is 21.5. The van der Waals surface area contributed by atoms with Crippen molar-refractivity contribution in [3.63, 3.8) is 0 Å². The minimum atomic E-state index is -0.0957. The molecule has 0 atom stereocenters. The van der Waals surface area contributed by atoms with Gasteiger partial charge in [-0.25, -0.2) is 0 Å². The van der Waals surface area contributed by atoms with Crippen molar-refractivity contribution in [3.05, 3.63) is 107 Å². The van der Waals surface area contributed by atoms with Gasteiger partial charge in [-0.2, -0.15) is 0 Å². The molecule has 0 saturated carbocycles. The highest BCUT2D eigenvalue weighted by molar-refractivity contribution is 6.31. The van der Waals surface area contributed by atoms with Gasteiger partial charge in [-0.3, -0.25) is 9.69 Å². The van der Waals surface area contributed by atoms with E-state index in [0.717, 1.165) is 54.2 Å². The number of hydrogen-bond acceptors (Lipinski definition) is 3. The highest BCUT2D eigenvalue weighted by atomic mass is 35.5. The molecular weight excluding hydrogens is 430 g/mol. The molecule has 1 fully saturated rings. The maximum Gasteiger partial charge on any atom is 0.255 e. The van der Waals surface area contributed by atoms with Gasteiger partial charge in [0.2, 0.25) is 0 Å². The molecule has 0 unspecified atom stereocenters. The van der Waals surface area contributed by atoms with Crippen molar-refractivity contribution in [2.75, 3.05) is 36.4 Å². The van der Waals surface area contributed by atoms with Crippen LogP contribution in [0.1, 0.15) is 15.9 Å². The van der Waals surface area contributed by atoms with Gasteiger partial charge in [0.05, 0.1) is 0 Å². The lowest BCUT2D eigenvalue weighted by Crippen LogP contribution is -2.46. The van der Waals surface area contributed by atoms with Crippen LogP contribution in [0.5, 0.6) is 0 Å². The number of halogens is 1. The topological polar surface area (TPSA) is 35.6 Å². The fourth-order valence-corrected chi connectivity index (χ4v) is 4.52. The number of fused-ring (bicyclic) bond motifs is 1. The summed E-state index contributed by atoms with van der Waals surface area (Å²) in [5.74, 6) is -0.0957. The molecule has 0 aliphatic carbocycles. The molecular formula is C28H26ClN3O.